The van der Waals surface area contributed by atoms with Gasteiger partial charge in [-0.2, -0.15) is 0 Å². The molecule has 0 saturated carbocycles. The van der Waals surface area contributed by atoms with Crippen LogP contribution in [0.4, 0.5) is 0 Å². The molecule has 0 fully saturated rings. The summed E-state index contributed by atoms with van der Waals surface area (Å²) < 4.78 is 1.02. The molecule has 23 heavy (non-hydrogen) atoms. The van der Waals surface area contributed by atoms with Crippen LogP contribution in [-0.2, 0) is 11.3 Å². The number of benzene rings is 1. The predicted molar refractivity (Wildman–Crippen MR) is 90.3 cm³/mol. The molecule has 0 saturated heterocycles. The average Bonchev–Trinajstić information content (AvgIpc) is 2.89. The second-order valence-corrected chi connectivity index (χ2v) is 5.59. The van der Waals surface area contributed by atoms with Crippen LogP contribution in [0.25, 0.3) is 11.0 Å². The van der Waals surface area contributed by atoms with Gasteiger partial charge in [-0.1, -0.05) is 19.1 Å². The number of hydrogen-bond acceptors (Lipinski definition) is 3. The minimum absolute atomic E-state index is 0.115. The van der Waals surface area contributed by atoms with Gasteiger partial charge in [0.2, 0.25) is 11.8 Å². The number of halogens is 2. The van der Waals surface area contributed by atoms with E-state index in [4.69, 9.17) is 23.2 Å². The van der Waals surface area contributed by atoms with E-state index in [0.29, 0.717) is 23.1 Å². The fraction of sp³-hybridized carbons (Fsp3) is 0.400. The molecule has 0 bridgehead atoms. The highest BCUT2D eigenvalue weighted by molar-refractivity contribution is 6.28. The molecule has 0 atom stereocenters. The number of hydrogen-bond donors (Lipinski definition) is 1. The Kier molecular flexibility index (Phi) is 5.85. The van der Waals surface area contributed by atoms with Crippen molar-refractivity contribution in [2.75, 3.05) is 18.3 Å². The van der Waals surface area contributed by atoms with Crippen LogP contribution in [0.15, 0.2) is 23.0 Å². The Labute approximate surface area is 143 Å². The van der Waals surface area contributed by atoms with Gasteiger partial charge >= 0.3 is 5.69 Å². The molecule has 1 aromatic carbocycles. The van der Waals surface area contributed by atoms with E-state index in [9.17, 15) is 14.4 Å². The summed E-state index contributed by atoms with van der Waals surface area (Å²) in [4.78, 5) is 40.2. The van der Waals surface area contributed by atoms with E-state index in [0.717, 1.165) is 11.0 Å². The maximum absolute atomic E-state index is 12.0. The third-order valence-corrected chi connectivity index (χ3v) is 3.93. The maximum atomic E-state index is 12.0. The first-order valence-corrected chi connectivity index (χ1v) is 8.25. The Morgan fingerprint density at radius 1 is 1.26 bits per heavy atom. The van der Waals surface area contributed by atoms with Gasteiger partial charge in [0.1, 0.15) is 11.8 Å². The van der Waals surface area contributed by atoms with Gasteiger partial charge in [0.05, 0.1) is 11.0 Å². The number of fused-ring (bicyclic) bond motifs is 1. The first-order valence-electron chi connectivity index (χ1n) is 7.19. The second-order valence-electron chi connectivity index (χ2n) is 5.06. The number of aromatic nitrogens is 2. The van der Waals surface area contributed by atoms with Crippen LogP contribution in [0.2, 0.25) is 0 Å². The number of H-pyrrole nitrogens is 1. The van der Waals surface area contributed by atoms with Crippen molar-refractivity contribution in [2.45, 2.75) is 19.9 Å². The lowest BCUT2D eigenvalue weighted by Gasteiger charge is -2.21. The molecule has 124 valence electrons. The maximum Gasteiger partial charge on any atom is 0.333 e. The predicted octanol–water partition coefficient (Wildman–Crippen LogP) is 2.19. The Morgan fingerprint density at radius 3 is 2.61 bits per heavy atom. The lowest BCUT2D eigenvalue weighted by molar-refractivity contribution is -0.129. The van der Waals surface area contributed by atoms with Gasteiger partial charge in [-0.3, -0.25) is 9.59 Å². The van der Waals surface area contributed by atoms with Crippen LogP contribution in [0.3, 0.4) is 0 Å². The van der Waals surface area contributed by atoms with Crippen molar-refractivity contribution < 1.29 is 9.59 Å². The van der Waals surface area contributed by atoms with Crippen LogP contribution < -0.4 is 5.69 Å². The molecule has 1 heterocycles. The summed E-state index contributed by atoms with van der Waals surface area (Å²) in [6.45, 7) is 2.77. The topological polar surface area (TPSA) is 75.2 Å². The fourth-order valence-corrected chi connectivity index (χ4v) is 2.79. The van der Waals surface area contributed by atoms with E-state index < -0.39 is 11.6 Å². The minimum atomic E-state index is -0.538. The summed E-state index contributed by atoms with van der Waals surface area (Å²) in [5, 5.41) is 0. The van der Waals surface area contributed by atoms with Crippen LogP contribution in [0.1, 0.15) is 23.7 Å². The van der Waals surface area contributed by atoms with Crippen molar-refractivity contribution >= 4 is 46.0 Å². The zero-order chi connectivity index (χ0) is 17.0. The van der Waals surface area contributed by atoms with Gasteiger partial charge in [-0.05, 0) is 18.1 Å². The van der Waals surface area contributed by atoms with Crippen molar-refractivity contribution in [3.8, 4) is 0 Å². The van der Waals surface area contributed by atoms with E-state index >= 15 is 0 Å². The lowest BCUT2D eigenvalue weighted by atomic mass is 10.1. The molecule has 0 spiro atoms. The number of para-hydroxylation sites is 1. The molecule has 1 aromatic heterocycles. The summed E-state index contributed by atoms with van der Waals surface area (Å²) in [6, 6.07) is 5.24. The SMILES string of the molecule is CCCN(Cc1cccc2[nH]c(=O)n(C(=O)CCl)c12)C(=O)CCl. The molecule has 1 N–H and O–H groups in total. The van der Waals surface area contributed by atoms with Crippen LogP contribution >= 0.6 is 23.2 Å². The highest BCUT2D eigenvalue weighted by Gasteiger charge is 2.19. The number of alkyl halides is 2. The number of aromatic amines is 1. The van der Waals surface area contributed by atoms with Crippen LogP contribution in [0.5, 0.6) is 0 Å². The van der Waals surface area contributed by atoms with Gasteiger partial charge < -0.3 is 9.88 Å². The molecular formula is C15H17Cl2N3O3. The molecule has 8 heteroatoms. The molecular weight excluding hydrogens is 341 g/mol. The third-order valence-electron chi connectivity index (χ3n) is 3.47. The van der Waals surface area contributed by atoms with Crippen LogP contribution in [0, 0.1) is 0 Å². The van der Waals surface area contributed by atoms with E-state index in [1.54, 1.807) is 23.1 Å². The largest absolute Gasteiger partial charge is 0.337 e. The normalized spacial score (nSPS) is 10.9. The van der Waals surface area contributed by atoms with Crippen molar-refractivity contribution in [2.24, 2.45) is 0 Å². The van der Waals surface area contributed by atoms with Crippen molar-refractivity contribution in [3.05, 3.63) is 34.2 Å². The first kappa shape index (κ1) is 17.6. The van der Waals surface area contributed by atoms with Gasteiger partial charge in [0.25, 0.3) is 0 Å². The number of rotatable bonds is 6. The van der Waals surface area contributed by atoms with Gasteiger partial charge in [-0.15, -0.1) is 23.2 Å². The Morgan fingerprint density at radius 2 is 2.00 bits per heavy atom. The fourth-order valence-electron chi connectivity index (χ4n) is 2.51. The van der Waals surface area contributed by atoms with Crippen molar-refractivity contribution in [1.29, 1.82) is 0 Å². The molecule has 0 unspecified atom stereocenters. The number of carbonyl (C=O) groups is 2. The zero-order valence-corrected chi connectivity index (χ0v) is 14.2. The highest BCUT2D eigenvalue weighted by Crippen LogP contribution is 2.18. The average molecular weight is 358 g/mol. The number of imidazole rings is 1. The second kappa shape index (κ2) is 7.66. The summed E-state index contributed by atoms with van der Waals surface area (Å²) >= 11 is 11.2. The van der Waals surface area contributed by atoms with E-state index in [2.05, 4.69) is 4.98 Å². The molecule has 0 aliphatic carbocycles. The lowest BCUT2D eigenvalue weighted by Crippen LogP contribution is -2.32. The summed E-state index contributed by atoms with van der Waals surface area (Å²) in [5.41, 5.74) is 1.13. The molecule has 2 rings (SSSR count). The first-order chi connectivity index (χ1) is 11.0. The molecule has 6 nitrogen and oxygen atoms in total. The zero-order valence-electron chi connectivity index (χ0n) is 12.6. The smallest absolute Gasteiger partial charge is 0.333 e. The quantitative estimate of drug-likeness (QED) is 0.805. The number of nitrogens with one attached hydrogen (secondary N) is 1. The van der Waals surface area contributed by atoms with Crippen LogP contribution in [-0.4, -0.2) is 44.6 Å². The van der Waals surface area contributed by atoms with E-state index in [-0.39, 0.29) is 24.2 Å². The standard InChI is InChI=1S/C15H17Cl2N3O3/c1-2-6-19(12(21)7-16)9-10-4-3-5-11-14(10)20(13(22)8-17)15(23)18-11/h3-5H,2,6-9H2,1H3,(H,18,23). The molecule has 2 aromatic rings. The Hall–Kier alpha value is -1.79. The summed E-state index contributed by atoms with van der Waals surface area (Å²) in [6.07, 6.45) is 0.777. The minimum Gasteiger partial charge on any atom is -0.337 e. The van der Waals surface area contributed by atoms with E-state index in [1.165, 1.54) is 0 Å². The number of carbonyl (C=O) groups excluding carboxylic acids is 2. The highest BCUT2D eigenvalue weighted by atomic mass is 35.5. The van der Waals surface area contributed by atoms with Gasteiger partial charge in [-0.25, -0.2) is 9.36 Å². The third kappa shape index (κ3) is 3.59. The monoisotopic (exact) mass is 357 g/mol. The Balaban J connectivity index is 2.54. The van der Waals surface area contributed by atoms with Crippen molar-refractivity contribution in [1.82, 2.24) is 14.5 Å². The molecule has 0 radical (unpaired) electrons. The molecule has 1 amide bonds. The molecule has 0 aliphatic rings. The Bertz CT molecular complexity index is 782. The summed E-state index contributed by atoms with van der Waals surface area (Å²) in [7, 11) is 0. The van der Waals surface area contributed by atoms with E-state index in [1.807, 2.05) is 6.92 Å². The summed E-state index contributed by atoms with van der Waals surface area (Å²) in [5.74, 6) is -1.13. The molecule has 0 aliphatic heterocycles. The van der Waals surface area contributed by atoms with Gasteiger partial charge in [0, 0.05) is 13.1 Å². The van der Waals surface area contributed by atoms with Crippen molar-refractivity contribution in [3.63, 3.8) is 0 Å². The number of nitrogens with zero attached hydrogens (tertiary/aromatic N) is 2. The number of amides is 1. The van der Waals surface area contributed by atoms with Gasteiger partial charge in [0.15, 0.2) is 0 Å².